The molecular formula is C12H10FN. The fourth-order valence-electron chi connectivity index (χ4n) is 1.29. The number of hydrogen-bond donors (Lipinski definition) is 0. The molecular weight excluding hydrogens is 177 g/mol. The second-order valence-corrected chi connectivity index (χ2v) is 3.24. The van der Waals surface area contributed by atoms with Gasteiger partial charge in [0.25, 0.3) is 0 Å². The van der Waals surface area contributed by atoms with Crippen molar-refractivity contribution in [2.75, 3.05) is 0 Å². The number of nitrogens with zero attached hydrogens (tertiary/aromatic N) is 1. The summed E-state index contributed by atoms with van der Waals surface area (Å²) in [5, 5.41) is 0. The van der Waals surface area contributed by atoms with Gasteiger partial charge in [-0.25, -0.2) is 4.98 Å². The van der Waals surface area contributed by atoms with Gasteiger partial charge in [0.15, 0.2) is 0 Å². The molecule has 1 heterocycles. The SMILES string of the molecule is Cc1ccc(-c2ccc(F)nc2)cc1. The molecule has 0 unspecified atom stereocenters. The minimum Gasteiger partial charge on any atom is -0.228 e. The Morgan fingerprint density at radius 3 is 2.14 bits per heavy atom. The van der Waals surface area contributed by atoms with Gasteiger partial charge in [0.1, 0.15) is 0 Å². The largest absolute Gasteiger partial charge is 0.228 e. The molecule has 0 atom stereocenters. The van der Waals surface area contributed by atoms with Gasteiger partial charge in [-0.3, -0.25) is 0 Å². The molecule has 14 heavy (non-hydrogen) atoms. The van der Waals surface area contributed by atoms with Crippen LogP contribution in [0.3, 0.4) is 0 Å². The van der Waals surface area contributed by atoms with E-state index in [0.717, 1.165) is 11.1 Å². The van der Waals surface area contributed by atoms with E-state index < -0.39 is 5.95 Å². The van der Waals surface area contributed by atoms with Crippen LogP contribution >= 0.6 is 0 Å². The van der Waals surface area contributed by atoms with Crippen LogP contribution in [0.4, 0.5) is 4.39 Å². The highest BCUT2D eigenvalue weighted by Crippen LogP contribution is 2.18. The molecule has 0 fully saturated rings. The molecule has 2 heteroatoms. The van der Waals surface area contributed by atoms with Crippen molar-refractivity contribution < 1.29 is 4.39 Å². The van der Waals surface area contributed by atoms with Gasteiger partial charge in [0, 0.05) is 11.8 Å². The molecule has 0 amide bonds. The van der Waals surface area contributed by atoms with E-state index in [1.807, 2.05) is 31.2 Å². The lowest BCUT2D eigenvalue weighted by Gasteiger charge is -2.00. The van der Waals surface area contributed by atoms with Crippen molar-refractivity contribution in [3.63, 3.8) is 0 Å². The Bertz CT molecular complexity index is 374. The van der Waals surface area contributed by atoms with E-state index in [1.165, 1.54) is 11.6 Å². The van der Waals surface area contributed by atoms with Crippen LogP contribution in [0, 0.1) is 12.9 Å². The van der Waals surface area contributed by atoms with Gasteiger partial charge in [0.2, 0.25) is 5.95 Å². The Hall–Kier alpha value is -1.70. The Morgan fingerprint density at radius 1 is 0.929 bits per heavy atom. The summed E-state index contributed by atoms with van der Waals surface area (Å²) in [7, 11) is 0. The lowest BCUT2D eigenvalue weighted by atomic mass is 10.1. The van der Waals surface area contributed by atoms with Gasteiger partial charge < -0.3 is 0 Å². The zero-order chi connectivity index (χ0) is 9.97. The molecule has 0 bridgehead atoms. The summed E-state index contributed by atoms with van der Waals surface area (Å²) in [6, 6.07) is 11.2. The van der Waals surface area contributed by atoms with Crippen molar-refractivity contribution in [1.82, 2.24) is 4.98 Å². The van der Waals surface area contributed by atoms with Gasteiger partial charge in [-0.2, -0.15) is 4.39 Å². The molecule has 2 rings (SSSR count). The first-order valence-corrected chi connectivity index (χ1v) is 4.44. The molecule has 0 aliphatic rings. The first-order valence-electron chi connectivity index (χ1n) is 4.44. The van der Waals surface area contributed by atoms with E-state index in [-0.39, 0.29) is 0 Å². The van der Waals surface area contributed by atoms with E-state index >= 15 is 0 Å². The monoisotopic (exact) mass is 187 g/mol. The van der Waals surface area contributed by atoms with Gasteiger partial charge >= 0.3 is 0 Å². The van der Waals surface area contributed by atoms with Crippen LogP contribution in [0.15, 0.2) is 42.6 Å². The van der Waals surface area contributed by atoms with Crippen LogP contribution in [-0.4, -0.2) is 4.98 Å². The molecule has 0 aliphatic carbocycles. The maximum Gasteiger partial charge on any atom is 0.212 e. The third kappa shape index (κ3) is 1.79. The molecule has 0 N–H and O–H groups in total. The van der Waals surface area contributed by atoms with Gasteiger partial charge in [-0.1, -0.05) is 29.8 Å². The molecule has 1 nitrogen and oxygen atoms in total. The number of aryl methyl sites for hydroxylation is 1. The van der Waals surface area contributed by atoms with E-state index in [0.29, 0.717) is 0 Å². The number of hydrogen-bond acceptors (Lipinski definition) is 1. The predicted molar refractivity (Wildman–Crippen MR) is 54.4 cm³/mol. The highest BCUT2D eigenvalue weighted by Gasteiger charge is 1.97. The lowest BCUT2D eigenvalue weighted by Crippen LogP contribution is -1.83. The molecule has 1 aromatic heterocycles. The Balaban J connectivity index is 2.40. The number of rotatable bonds is 1. The fourth-order valence-corrected chi connectivity index (χ4v) is 1.29. The zero-order valence-electron chi connectivity index (χ0n) is 7.87. The summed E-state index contributed by atoms with van der Waals surface area (Å²) in [4.78, 5) is 3.61. The van der Waals surface area contributed by atoms with E-state index in [9.17, 15) is 4.39 Å². The summed E-state index contributed by atoms with van der Waals surface area (Å²) in [6.45, 7) is 2.03. The van der Waals surface area contributed by atoms with Crippen molar-refractivity contribution in [2.45, 2.75) is 6.92 Å². The lowest BCUT2D eigenvalue weighted by molar-refractivity contribution is 0.584. The van der Waals surface area contributed by atoms with Gasteiger partial charge in [-0.15, -0.1) is 0 Å². The minimum absolute atomic E-state index is 0.444. The molecule has 0 radical (unpaired) electrons. The summed E-state index contributed by atoms with van der Waals surface area (Å²) in [6.07, 6.45) is 1.54. The predicted octanol–water partition coefficient (Wildman–Crippen LogP) is 3.20. The molecule has 0 spiro atoms. The summed E-state index contributed by atoms with van der Waals surface area (Å²) in [5.41, 5.74) is 3.21. The molecule has 0 saturated heterocycles. The molecule has 70 valence electrons. The second kappa shape index (κ2) is 3.58. The zero-order valence-corrected chi connectivity index (χ0v) is 7.87. The third-order valence-electron chi connectivity index (χ3n) is 2.11. The number of halogens is 1. The quantitative estimate of drug-likeness (QED) is 0.625. The van der Waals surface area contributed by atoms with Crippen molar-refractivity contribution in [3.05, 3.63) is 54.1 Å². The van der Waals surface area contributed by atoms with Crippen molar-refractivity contribution in [2.24, 2.45) is 0 Å². The van der Waals surface area contributed by atoms with E-state index in [1.54, 1.807) is 12.3 Å². The smallest absolute Gasteiger partial charge is 0.212 e. The number of pyridine rings is 1. The van der Waals surface area contributed by atoms with Crippen LogP contribution in [0.5, 0.6) is 0 Å². The van der Waals surface area contributed by atoms with Crippen LogP contribution in [0.25, 0.3) is 11.1 Å². The molecule has 1 aromatic carbocycles. The average molecular weight is 187 g/mol. The van der Waals surface area contributed by atoms with Crippen LogP contribution in [0.2, 0.25) is 0 Å². The van der Waals surface area contributed by atoms with Gasteiger partial charge in [-0.05, 0) is 24.6 Å². The van der Waals surface area contributed by atoms with Gasteiger partial charge in [0.05, 0.1) is 0 Å². The number of aromatic nitrogens is 1. The Kier molecular flexibility index (Phi) is 2.27. The second-order valence-electron chi connectivity index (χ2n) is 3.24. The van der Waals surface area contributed by atoms with E-state index in [2.05, 4.69) is 4.98 Å². The highest BCUT2D eigenvalue weighted by atomic mass is 19.1. The summed E-state index contributed by atoms with van der Waals surface area (Å²) >= 11 is 0. The normalized spacial score (nSPS) is 10.1. The molecule has 0 aliphatic heterocycles. The Labute approximate surface area is 82.2 Å². The highest BCUT2D eigenvalue weighted by molar-refractivity contribution is 5.62. The van der Waals surface area contributed by atoms with Crippen LogP contribution in [0.1, 0.15) is 5.56 Å². The topological polar surface area (TPSA) is 12.9 Å². The van der Waals surface area contributed by atoms with Crippen LogP contribution in [-0.2, 0) is 0 Å². The first kappa shape index (κ1) is 8.88. The maximum absolute atomic E-state index is 12.6. The number of benzene rings is 1. The summed E-state index contributed by atoms with van der Waals surface area (Å²) < 4.78 is 12.6. The van der Waals surface area contributed by atoms with Crippen molar-refractivity contribution >= 4 is 0 Å². The standard InChI is InChI=1S/C12H10FN/c1-9-2-4-10(5-3-9)11-6-7-12(13)14-8-11/h2-8H,1H3. The van der Waals surface area contributed by atoms with Crippen molar-refractivity contribution in [1.29, 1.82) is 0 Å². The van der Waals surface area contributed by atoms with Crippen LogP contribution < -0.4 is 0 Å². The average Bonchev–Trinajstić information content (AvgIpc) is 2.21. The fraction of sp³-hybridized carbons (Fsp3) is 0.0833. The molecule has 0 saturated carbocycles. The summed E-state index contributed by atoms with van der Waals surface area (Å²) in [5.74, 6) is -0.444. The minimum atomic E-state index is -0.444. The third-order valence-corrected chi connectivity index (χ3v) is 2.11. The Morgan fingerprint density at radius 2 is 1.57 bits per heavy atom. The maximum atomic E-state index is 12.6. The first-order chi connectivity index (χ1) is 6.75. The van der Waals surface area contributed by atoms with Crippen molar-refractivity contribution in [3.8, 4) is 11.1 Å². The van der Waals surface area contributed by atoms with E-state index in [4.69, 9.17) is 0 Å². The molecule has 2 aromatic rings.